The minimum Gasteiger partial charge on any atom is -0.491 e. The van der Waals surface area contributed by atoms with Gasteiger partial charge in [0.1, 0.15) is 5.56 Å². The topological polar surface area (TPSA) is 55.8 Å². The smallest absolute Gasteiger partial charge is 0.339 e. The molecule has 106 valence electrons. The molecule has 6 heteroatoms. The van der Waals surface area contributed by atoms with Gasteiger partial charge in [0.05, 0.1) is 17.2 Å². The average Bonchev–Trinajstić information content (AvgIpc) is 2.31. The van der Waals surface area contributed by atoms with Crippen molar-refractivity contribution in [1.29, 1.82) is 0 Å². The third kappa shape index (κ3) is 4.56. The number of ether oxygens (including phenoxy) is 2. The van der Waals surface area contributed by atoms with Crippen LogP contribution in [0.25, 0.3) is 0 Å². The van der Waals surface area contributed by atoms with Crippen LogP contribution in [0.4, 0.5) is 0 Å². The molecule has 0 spiro atoms. The predicted octanol–water partition coefficient (Wildman–Crippen LogP) is 3.89. The van der Waals surface area contributed by atoms with Gasteiger partial charge in [-0.05, 0) is 26.0 Å². The molecule has 1 aromatic rings. The first kappa shape index (κ1) is 16.1. The molecule has 0 bridgehead atoms. The van der Waals surface area contributed by atoms with E-state index in [1.165, 1.54) is 12.1 Å². The van der Waals surface area contributed by atoms with Gasteiger partial charge >= 0.3 is 5.97 Å². The molecule has 0 aliphatic rings. The van der Waals surface area contributed by atoms with E-state index >= 15 is 0 Å². The van der Waals surface area contributed by atoms with Crippen molar-refractivity contribution in [3.8, 4) is 5.75 Å². The Kier molecular flexibility index (Phi) is 5.47. The molecule has 0 amide bonds. The number of aromatic carboxylic acids is 1. The highest BCUT2D eigenvalue weighted by Crippen LogP contribution is 2.33. The summed E-state index contributed by atoms with van der Waals surface area (Å²) in [6.45, 7) is 4.12. The normalized spacial score (nSPS) is 11.4. The minimum absolute atomic E-state index is 0.0484. The summed E-state index contributed by atoms with van der Waals surface area (Å²) in [6, 6.07) is 2.76. The number of carbonyl (C=O) groups is 1. The van der Waals surface area contributed by atoms with Crippen LogP contribution in [0.2, 0.25) is 10.0 Å². The van der Waals surface area contributed by atoms with Crippen LogP contribution in [-0.2, 0) is 4.74 Å². The van der Waals surface area contributed by atoms with Gasteiger partial charge in [-0.15, -0.1) is 0 Å². The highest BCUT2D eigenvalue weighted by atomic mass is 35.5. The fourth-order valence-corrected chi connectivity index (χ4v) is 1.91. The zero-order chi connectivity index (χ0) is 14.6. The number of rotatable bonds is 6. The molecule has 0 saturated heterocycles. The van der Waals surface area contributed by atoms with Gasteiger partial charge in [0.15, 0.2) is 5.75 Å². The number of hydrogen-bond donors (Lipinski definition) is 1. The van der Waals surface area contributed by atoms with E-state index in [-0.39, 0.29) is 27.0 Å². The van der Waals surface area contributed by atoms with Crippen LogP contribution >= 0.6 is 23.2 Å². The number of methoxy groups -OCH3 is 1. The van der Waals surface area contributed by atoms with Crippen molar-refractivity contribution in [3.05, 3.63) is 27.7 Å². The van der Waals surface area contributed by atoms with Crippen molar-refractivity contribution < 1.29 is 19.4 Å². The first-order chi connectivity index (χ1) is 8.76. The predicted molar refractivity (Wildman–Crippen MR) is 74.6 cm³/mol. The van der Waals surface area contributed by atoms with E-state index in [2.05, 4.69) is 0 Å². The zero-order valence-corrected chi connectivity index (χ0v) is 12.5. The summed E-state index contributed by atoms with van der Waals surface area (Å²) in [5.41, 5.74) is -0.393. The van der Waals surface area contributed by atoms with E-state index in [0.717, 1.165) is 0 Å². The van der Waals surface area contributed by atoms with E-state index in [1.54, 1.807) is 7.11 Å². The highest BCUT2D eigenvalue weighted by molar-refractivity contribution is 6.36. The molecule has 0 heterocycles. The Morgan fingerprint density at radius 1 is 1.37 bits per heavy atom. The molecule has 0 unspecified atom stereocenters. The molecule has 1 rings (SSSR count). The number of halogens is 2. The SMILES string of the molecule is COC(C)(C)CCOc1c(Cl)cc(Cl)cc1C(=O)O. The lowest BCUT2D eigenvalue weighted by Crippen LogP contribution is -2.25. The third-order valence-corrected chi connectivity index (χ3v) is 3.24. The summed E-state index contributed by atoms with van der Waals surface area (Å²) >= 11 is 11.7. The minimum atomic E-state index is -1.13. The first-order valence-corrected chi connectivity index (χ1v) is 6.43. The zero-order valence-electron chi connectivity index (χ0n) is 11.0. The molecule has 0 aliphatic heterocycles. The second kappa shape index (κ2) is 6.46. The molecule has 0 aliphatic carbocycles. The molecule has 0 radical (unpaired) electrons. The molecular weight excluding hydrogens is 291 g/mol. The van der Waals surface area contributed by atoms with Gasteiger partial charge in [0, 0.05) is 18.6 Å². The lowest BCUT2D eigenvalue weighted by atomic mass is 10.1. The number of carboxylic acids is 1. The summed E-state index contributed by atoms with van der Waals surface area (Å²) in [7, 11) is 1.61. The van der Waals surface area contributed by atoms with Crippen LogP contribution in [0.3, 0.4) is 0 Å². The van der Waals surface area contributed by atoms with Crippen molar-refractivity contribution in [2.24, 2.45) is 0 Å². The Balaban J connectivity index is 2.86. The van der Waals surface area contributed by atoms with Gasteiger partial charge in [-0.1, -0.05) is 23.2 Å². The van der Waals surface area contributed by atoms with Crippen molar-refractivity contribution >= 4 is 29.2 Å². The van der Waals surface area contributed by atoms with Crippen molar-refractivity contribution in [1.82, 2.24) is 0 Å². The fraction of sp³-hybridized carbons (Fsp3) is 0.462. The lowest BCUT2D eigenvalue weighted by Gasteiger charge is -2.23. The Morgan fingerprint density at radius 2 is 2.00 bits per heavy atom. The largest absolute Gasteiger partial charge is 0.491 e. The summed E-state index contributed by atoms with van der Waals surface area (Å²) in [4.78, 5) is 11.1. The summed E-state index contributed by atoms with van der Waals surface area (Å²) < 4.78 is 10.7. The molecule has 19 heavy (non-hydrogen) atoms. The molecular formula is C13H16Cl2O4. The molecule has 1 N–H and O–H groups in total. The summed E-state index contributed by atoms with van der Waals surface area (Å²) in [5, 5.41) is 9.54. The maximum absolute atomic E-state index is 11.1. The molecule has 1 aromatic carbocycles. The first-order valence-electron chi connectivity index (χ1n) is 5.67. The standard InChI is InChI=1S/C13H16Cl2O4/c1-13(2,18-3)4-5-19-11-9(12(16)17)6-8(14)7-10(11)15/h6-7H,4-5H2,1-3H3,(H,16,17). The van der Waals surface area contributed by atoms with Crippen LogP contribution in [0.1, 0.15) is 30.6 Å². The Morgan fingerprint density at radius 3 is 2.53 bits per heavy atom. The molecule has 0 saturated carbocycles. The molecule has 0 atom stereocenters. The van der Waals surface area contributed by atoms with Crippen molar-refractivity contribution in [2.45, 2.75) is 25.9 Å². The summed E-state index contributed by atoms with van der Waals surface area (Å²) in [5.74, 6) is -1.00. The van der Waals surface area contributed by atoms with Gasteiger partial charge < -0.3 is 14.6 Å². The van der Waals surface area contributed by atoms with Crippen LogP contribution in [-0.4, -0.2) is 30.4 Å². The monoisotopic (exact) mass is 306 g/mol. The second-order valence-corrected chi connectivity index (χ2v) is 5.48. The van der Waals surface area contributed by atoms with Gasteiger partial charge in [0.2, 0.25) is 0 Å². The van der Waals surface area contributed by atoms with E-state index in [4.69, 9.17) is 37.8 Å². The van der Waals surface area contributed by atoms with Gasteiger partial charge in [-0.3, -0.25) is 0 Å². The van der Waals surface area contributed by atoms with Gasteiger partial charge in [-0.2, -0.15) is 0 Å². The molecule has 0 aromatic heterocycles. The highest BCUT2D eigenvalue weighted by Gasteiger charge is 2.19. The van der Waals surface area contributed by atoms with Crippen molar-refractivity contribution in [3.63, 3.8) is 0 Å². The lowest BCUT2D eigenvalue weighted by molar-refractivity contribution is 0.00538. The molecule has 0 fully saturated rings. The van der Waals surface area contributed by atoms with E-state index in [9.17, 15) is 4.79 Å². The number of hydrogen-bond acceptors (Lipinski definition) is 3. The second-order valence-electron chi connectivity index (χ2n) is 4.63. The van der Waals surface area contributed by atoms with E-state index in [0.29, 0.717) is 13.0 Å². The van der Waals surface area contributed by atoms with Gasteiger partial charge in [0.25, 0.3) is 0 Å². The van der Waals surface area contributed by atoms with Gasteiger partial charge in [-0.25, -0.2) is 4.79 Å². The maximum Gasteiger partial charge on any atom is 0.339 e. The Bertz CT molecular complexity index is 472. The number of carboxylic acid groups (broad SMARTS) is 1. The Labute approximate surface area is 122 Å². The quantitative estimate of drug-likeness (QED) is 0.866. The average molecular weight is 307 g/mol. The van der Waals surface area contributed by atoms with E-state index in [1.807, 2.05) is 13.8 Å². The molecule has 4 nitrogen and oxygen atoms in total. The van der Waals surface area contributed by atoms with Crippen molar-refractivity contribution in [2.75, 3.05) is 13.7 Å². The summed E-state index contributed by atoms with van der Waals surface area (Å²) in [6.07, 6.45) is 0.599. The van der Waals surface area contributed by atoms with Crippen LogP contribution < -0.4 is 4.74 Å². The van der Waals surface area contributed by atoms with E-state index < -0.39 is 5.97 Å². The van der Waals surface area contributed by atoms with Crippen LogP contribution in [0.15, 0.2) is 12.1 Å². The number of benzene rings is 1. The maximum atomic E-state index is 11.1. The Hall–Kier alpha value is -0.970. The van der Waals surface area contributed by atoms with Crippen LogP contribution in [0.5, 0.6) is 5.75 Å². The fourth-order valence-electron chi connectivity index (χ4n) is 1.37. The third-order valence-electron chi connectivity index (χ3n) is 2.74. The van der Waals surface area contributed by atoms with Crippen LogP contribution in [0, 0.1) is 0 Å².